The largest absolute Gasteiger partial charge is 0.330 e. The molecule has 0 amide bonds. The maximum absolute atomic E-state index is 5.73. The van der Waals surface area contributed by atoms with Gasteiger partial charge in [0.1, 0.15) is 0 Å². The first-order valence-electron chi connectivity index (χ1n) is 6.17. The molecule has 0 aliphatic heterocycles. The Balaban J connectivity index is 2.62. The van der Waals surface area contributed by atoms with Gasteiger partial charge in [-0.05, 0) is 31.5 Å². The van der Waals surface area contributed by atoms with Crippen molar-refractivity contribution in [3.8, 4) is 0 Å². The predicted molar refractivity (Wildman–Crippen MR) is 70.2 cm³/mol. The van der Waals surface area contributed by atoms with Crippen LogP contribution < -0.4 is 5.73 Å². The smallest absolute Gasteiger partial charge is 0.0236 e. The average Bonchev–Trinajstić information content (AvgIpc) is 2.35. The van der Waals surface area contributed by atoms with Gasteiger partial charge in [0.05, 0.1) is 0 Å². The second-order valence-electron chi connectivity index (χ2n) is 4.50. The molecule has 90 valence electrons. The minimum Gasteiger partial charge on any atom is -0.330 e. The second-order valence-corrected chi connectivity index (χ2v) is 4.50. The Morgan fingerprint density at radius 3 is 2.31 bits per heavy atom. The third-order valence-electron chi connectivity index (χ3n) is 3.41. The molecule has 0 radical (unpaired) electrons. The first-order valence-corrected chi connectivity index (χ1v) is 6.17. The molecule has 0 saturated heterocycles. The molecular formula is C14H24N2. The van der Waals surface area contributed by atoms with Crippen molar-refractivity contribution in [1.29, 1.82) is 0 Å². The van der Waals surface area contributed by atoms with E-state index in [4.69, 9.17) is 5.73 Å². The van der Waals surface area contributed by atoms with Gasteiger partial charge in [-0.1, -0.05) is 44.2 Å². The molecule has 2 atom stereocenters. The van der Waals surface area contributed by atoms with Crippen LogP contribution >= 0.6 is 0 Å². The topological polar surface area (TPSA) is 29.3 Å². The van der Waals surface area contributed by atoms with Crippen LogP contribution in [0.4, 0.5) is 0 Å². The maximum atomic E-state index is 5.73. The Bertz CT molecular complexity index is 284. The highest BCUT2D eigenvalue weighted by molar-refractivity contribution is 5.14. The third kappa shape index (κ3) is 3.62. The molecule has 0 aromatic heterocycles. The van der Waals surface area contributed by atoms with Gasteiger partial charge in [0, 0.05) is 12.6 Å². The third-order valence-corrected chi connectivity index (χ3v) is 3.41. The summed E-state index contributed by atoms with van der Waals surface area (Å²) >= 11 is 0. The van der Waals surface area contributed by atoms with Crippen LogP contribution in [0.3, 0.4) is 0 Å². The summed E-state index contributed by atoms with van der Waals surface area (Å²) in [6.07, 6.45) is 0. The zero-order valence-corrected chi connectivity index (χ0v) is 10.7. The van der Waals surface area contributed by atoms with Crippen LogP contribution in [0.15, 0.2) is 30.3 Å². The highest BCUT2D eigenvalue weighted by atomic mass is 15.1. The summed E-state index contributed by atoms with van der Waals surface area (Å²) in [6, 6.07) is 11.2. The SMILES string of the molecule is CCN(Cc1ccccc1)C(C)C(C)CN. The Labute approximate surface area is 99.5 Å². The predicted octanol–water partition coefficient (Wildman–Crippen LogP) is 2.49. The number of benzene rings is 1. The van der Waals surface area contributed by atoms with Crippen LogP contribution in [0.1, 0.15) is 26.3 Å². The van der Waals surface area contributed by atoms with Crippen LogP contribution in [0.25, 0.3) is 0 Å². The molecule has 2 N–H and O–H groups in total. The summed E-state index contributed by atoms with van der Waals surface area (Å²) in [5.74, 6) is 0.545. The molecular weight excluding hydrogens is 196 g/mol. The van der Waals surface area contributed by atoms with Crippen molar-refractivity contribution < 1.29 is 0 Å². The van der Waals surface area contributed by atoms with Gasteiger partial charge in [0.25, 0.3) is 0 Å². The number of hydrogen-bond donors (Lipinski definition) is 1. The van der Waals surface area contributed by atoms with E-state index in [1.165, 1.54) is 5.56 Å². The van der Waals surface area contributed by atoms with Crippen molar-refractivity contribution in [3.05, 3.63) is 35.9 Å². The zero-order valence-electron chi connectivity index (χ0n) is 10.7. The summed E-state index contributed by atoms with van der Waals surface area (Å²) in [4.78, 5) is 2.48. The van der Waals surface area contributed by atoms with E-state index in [0.29, 0.717) is 12.0 Å². The quantitative estimate of drug-likeness (QED) is 0.798. The minimum atomic E-state index is 0.537. The van der Waals surface area contributed by atoms with Gasteiger partial charge in [0.15, 0.2) is 0 Å². The lowest BCUT2D eigenvalue weighted by Gasteiger charge is -2.31. The van der Waals surface area contributed by atoms with E-state index in [-0.39, 0.29) is 0 Å². The first kappa shape index (κ1) is 13.2. The molecule has 16 heavy (non-hydrogen) atoms. The number of hydrogen-bond acceptors (Lipinski definition) is 2. The normalized spacial score (nSPS) is 15.1. The van der Waals surface area contributed by atoms with Crippen LogP contribution in [0.5, 0.6) is 0 Å². The molecule has 2 unspecified atom stereocenters. The highest BCUT2D eigenvalue weighted by Gasteiger charge is 2.17. The van der Waals surface area contributed by atoms with Gasteiger partial charge in [-0.3, -0.25) is 4.90 Å². The molecule has 1 aromatic rings. The Morgan fingerprint density at radius 2 is 1.81 bits per heavy atom. The fourth-order valence-corrected chi connectivity index (χ4v) is 1.92. The monoisotopic (exact) mass is 220 g/mol. The maximum Gasteiger partial charge on any atom is 0.0236 e. The summed E-state index contributed by atoms with van der Waals surface area (Å²) < 4.78 is 0. The summed E-state index contributed by atoms with van der Waals surface area (Å²) in [5.41, 5.74) is 7.11. The Kier molecular flexibility index (Phi) is 5.50. The number of nitrogens with two attached hydrogens (primary N) is 1. The van der Waals surface area contributed by atoms with Crippen molar-refractivity contribution in [1.82, 2.24) is 4.90 Å². The van der Waals surface area contributed by atoms with Gasteiger partial charge < -0.3 is 5.73 Å². The van der Waals surface area contributed by atoms with Crippen molar-refractivity contribution in [2.24, 2.45) is 11.7 Å². The summed E-state index contributed by atoms with van der Waals surface area (Å²) in [6.45, 7) is 9.54. The van der Waals surface area contributed by atoms with Crippen molar-refractivity contribution in [3.63, 3.8) is 0 Å². The van der Waals surface area contributed by atoms with Gasteiger partial charge in [0.2, 0.25) is 0 Å². The first-order chi connectivity index (χ1) is 7.69. The van der Waals surface area contributed by atoms with E-state index in [9.17, 15) is 0 Å². The van der Waals surface area contributed by atoms with Gasteiger partial charge >= 0.3 is 0 Å². The lowest BCUT2D eigenvalue weighted by Crippen LogP contribution is -2.39. The lowest BCUT2D eigenvalue weighted by atomic mass is 10.0. The van der Waals surface area contributed by atoms with Crippen LogP contribution in [0.2, 0.25) is 0 Å². The fraction of sp³-hybridized carbons (Fsp3) is 0.571. The molecule has 0 heterocycles. The average molecular weight is 220 g/mol. The molecule has 0 spiro atoms. The van der Waals surface area contributed by atoms with Crippen molar-refractivity contribution in [2.75, 3.05) is 13.1 Å². The fourth-order valence-electron chi connectivity index (χ4n) is 1.92. The molecule has 1 rings (SSSR count). The zero-order chi connectivity index (χ0) is 12.0. The van der Waals surface area contributed by atoms with Crippen molar-refractivity contribution in [2.45, 2.75) is 33.4 Å². The molecule has 0 aliphatic rings. The lowest BCUT2D eigenvalue weighted by molar-refractivity contribution is 0.164. The second kappa shape index (κ2) is 6.66. The van der Waals surface area contributed by atoms with E-state index in [1.807, 2.05) is 0 Å². The standard InChI is InChI=1S/C14H24N2/c1-4-16(13(3)12(2)10-15)11-14-8-6-5-7-9-14/h5-9,12-13H,4,10-11,15H2,1-3H3. The number of rotatable bonds is 6. The van der Waals surface area contributed by atoms with E-state index < -0.39 is 0 Å². The Hall–Kier alpha value is -0.860. The summed E-state index contributed by atoms with van der Waals surface area (Å²) in [7, 11) is 0. The molecule has 0 fully saturated rings. The van der Waals surface area contributed by atoms with Crippen LogP contribution in [-0.2, 0) is 6.54 Å². The number of nitrogens with zero attached hydrogens (tertiary/aromatic N) is 1. The molecule has 0 aliphatic carbocycles. The molecule has 0 bridgehead atoms. The molecule has 0 saturated carbocycles. The van der Waals surface area contributed by atoms with Gasteiger partial charge in [-0.2, -0.15) is 0 Å². The van der Waals surface area contributed by atoms with E-state index in [2.05, 4.69) is 56.0 Å². The minimum absolute atomic E-state index is 0.537. The molecule has 2 heteroatoms. The highest BCUT2D eigenvalue weighted by Crippen LogP contribution is 2.13. The van der Waals surface area contributed by atoms with E-state index >= 15 is 0 Å². The summed E-state index contributed by atoms with van der Waals surface area (Å²) in [5, 5.41) is 0. The van der Waals surface area contributed by atoms with E-state index in [1.54, 1.807) is 0 Å². The van der Waals surface area contributed by atoms with Crippen molar-refractivity contribution >= 4 is 0 Å². The van der Waals surface area contributed by atoms with Crippen LogP contribution in [0, 0.1) is 5.92 Å². The molecule has 1 aromatic carbocycles. The molecule has 2 nitrogen and oxygen atoms in total. The van der Waals surface area contributed by atoms with E-state index in [0.717, 1.165) is 19.6 Å². The van der Waals surface area contributed by atoms with Gasteiger partial charge in [-0.15, -0.1) is 0 Å². The van der Waals surface area contributed by atoms with Crippen LogP contribution in [-0.4, -0.2) is 24.0 Å². The Morgan fingerprint density at radius 1 is 1.19 bits per heavy atom. The van der Waals surface area contributed by atoms with Gasteiger partial charge in [-0.25, -0.2) is 0 Å².